The monoisotopic (exact) mass is 615 g/mol. The van der Waals surface area contributed by atoms with Crippen molar-refractivity contribution in [1.29, 1.82) is 0 Å². The summed E-state index contributed by atoms with van der Waals surface area (Å²) < 4.78 is 46.4. The summed E-state index contributed by atoms with van der Waals surface area (Å²) in [7, 11) is 1.60. The normalized spacial score (nSPS) is 11.4. The quantitative estimate of drug-likeness (QED) is 0.174. The van der Waals surface area contributed by atoms with Crippen molar-refractivity contribution in [2.75, 3.05) is 18.2 Å². The van der Waals surface area contributed by atoms with Crippen molar-refractivity contribution in [1.82, 2.24) is 19.7 Å². The Morgan fingerprint density at radius 3 is 2.54 bits per heavy atom. The zero-order valence-corrected chi connectivity index (χ0v) is 23.7. The molecular formula is C28H21ClF3N5O2S2. The number of rotatable bonds is 9. The van der Waals surface area contributed by atoms with Crippen LogP contribution >= 0.6 is 34.7 Å². The lowest BCUT2D eigenvalue weighted by Gasteiger charge is -2.10. The van der Waals surface area contributed by atoms with Crippen LogP contribution < -0.4 is 10.1 Å². The summed E-state index contributed by atoms with van der Waals surface area (Å²) in [6, 6.07) is 20.2. The molecule has 7 nitrogen and oxygen atoms in total. The first kappa shape index (κ1) is 28.7. The highest BCUT2D eigenvalue weighted by atomic mass is 35.5. The molecule has 5 rings (SSSR count). The van der Waals surface area contributed by atoms with Crippen LogP contribution in [-0.4, -0.2) is 38.5 Å². The van der Waals surface area contributed by atoms with Gasteiger partial charge in [-0.05, 0) is 60.2 Å². The molecule has 0 aliphatic rings. The van der Waals surface area contributed by atoms with E-state index in [-0.39, 0.29) is 23.1 Å². The molecule has 13 heteroatoms. The lowest BCUT2D eigenvalue weighted by atomic mass is 10.1. The number of benzene rings is 3. The third-order valence-corrected chi connectivity index (χ3v) is 8.08. The lowest BCUT2D eigenvalue weighted by Crippen LogP contribution is -2.14. The Labute approximate surface area is 246 Å². The van der Waals surface area contributed by atoms with Gasteiger partial charge in [-0.25, -0.2) is 4.98 Å². The molecule has 5 aromatic rings. The van der Waals surface area contributed by atoms with Gasteiger partial charge >= 0.3 is 6.18 Å². The minimum absolute atomic E-state index is 0.0297. The van der Waals surface area contributed by atoms with Crippen molar-refractivity contribution in [3.63, 3.8) is 0 Å². The number of aromatic nitrogens is 4. The van der Waals surface area contributed by atoms with Crippen LogP contribution in [0.3, 0.4) is 0 Å². The standard InChI is InChI=1S/C28H21ClF3N5O2S2/c1-39-21-10-7-17(8-11-21)25-35-36-27(37(25)20-5-3-2-4-6-20)40-16-24(38)34-26-33-15-22(41-26)14-18-13-19(28(30,31)32)9-12-23(18)29/h2-13,15H,14,16H2,1H3,(H,33,34,38). The number of alkyl halides is 3. The average molecular weight is 616 g/mol. The summed E-state index contributed by atoms with van der Waals surface area (Å²) in [4.78, 5) is 17.6. The van der Waals surface area contributed by atoms with Crippen LogP contribution in [0.15, 0.2) is 84.1 Å². The predicted molar refractivity (Wildman–Crippen MR) is 154 cm³/mol. The number of hydrogen-bond donors (Lipinski definition) is 1. The number of para-hydroxylation sites is 1. The van der Waals surface area contributed by atoms with E-state index in [9.17, 15) is 18.0 Å². The summed E-state index contributed by atoms with van der Waals surface area (Å²) in [5.74, 6) is 1.04. The van der Waals surface area contributed by atoms with Gasteiger partial charge in [0.2, 0.25) is 5.91 Å². The second-order valence-electron chi connectivity index (χ2n) is 8.65. The first-order valence-corrected chi connectivity index (χ1v) is 14.3. The lowest BCUT2D eigenvalue weighted by molar-refractivity contribution is -0.137. The van der Waals surface area contributed by atoms with Crippen molar-refractivity contribution in [2.45, 2.75) is 17.8 Å². The number of methoxy groups -OCH3 is 1. The first-order chi connectivity index (χ1) is 19.7. The van der Waals surface area contributed by atoms with Crippen molar-refractivity contribution < 1.29 is 22.7 Å². The van der Waals surface area contributed by atoms with Gasteiger partial charge in [-0.15, -0.1) is 21.5 Å². The molecule has 0 unspecified atom stereocenters. The Bertz CT molecular complexity index is 1660. The van der Waals surface area contributed by atoms with E-state index < -0.39 is 11.7 Å². The topological polar surface area (TPSA) is 81.9 Å². The molecule has 1 amide bonds. The number of nitrogens with one attached hydrogen (secondary N) is 1. The van der Waals surface area contributed by atoms with Crippen molar-refractivity contribution in [3.8, 4) is 22.8 Å². The number of carbonyl (C=O) groups excluding carboxylic acids is 1. The number of hydrogen-bond acceptors (Lipinski definition) is 7. The van der Waals surface area contributed by atoms with Gasteiger partial charge in [0.05, 0.1) is 18.4 Å². The molecule has 0 bridgehead atoms. The third kappa shape index (κ3) is 6.89. The number of ether oxygens (including phenoxy) is 1. The number of thioether (sulfide) groups is 1. The summed E-state index contributed by atoms with van der Waals surface area (Å²) in [5.41, 5.74) is 1.22. The molecule has 0 saturated carbocycles. The van der Waals surface area contributed by atoms with E-state index in [1.54, 1.807) is 7.11 Å². The molecule has 2 heterocycles. The fourth-order valence-corrected chi connectivity index (χ4v) is 5.69. The largest absolute Gasteiger partial charge is 0.497 e. The minimum atomic E-state index is -4.47. The maximum absolute atomic E-state index is 13.1. The molecule has 41 heavy (non-hydrogen) atoms. The fourth-order valence-electron chi connectivity index (χ4n) is 3.91. The Balaban J connectivity index is 1.27. The summed E-state index contributed by atoms with van der Waals surface area (Å²) in [6.45, 7) is 0. The number of halogens is 4. The van der Waals surface area contributed by atoms with Gasteiger partial charge in [-0.3, -0.25) is 9.36 Å². The summed E-state index contributed by atoms with van der Waals surface area (Å²) in [5, 5.41) is 12.5. The van der Waals surface area contributed by atoms with Crippen molar-refractivity contribution in [2.24, 2.45) is 0 Å². The maximum Gasteiger partial charge on any atom is 0.416 e. The average Bonchev–Trinajstić information content (AvgIpc) is 3.59. The highest BCUT2D eigenvalue weighted by Gasteiger charge is 2.31. The Hall–Kier alpha value is -3.87. The van der Waals surface area contributed by atoms with Gasteiger partial charge < -0.3 is 10.1 Å². The van der Waals surface area contributed by atoms with E-state index in [2.05, 4.69) is 20.5 Å². The zero-order valence-electron chi connectivity index (χ0n) is 21.4. The molecular weight excluding hydrogens is 595 g/mol. The Morgan fingerprint density at radius 1 is 1.07 bits per heavy atom. The SMILES string of the molecule is COc1ccc(-c2nnc(SCC(=O)Nc3ncc(Cc4cc(C(F)(F)F)ccc4Cl)s3)n2-c2ccccc2)cc1. The molecule has 210 valence electrons. The second-order valence-corrected chi connectivity index (χ2v) is 11.1. The molecule has 0 aliphatic heterocycles. The zero-order chi connectivity index (χ0) is 29.0. The van der Waals surface area contributed by atoms with E-state index in [1.165, 1.54) is 35.4 Å². The van der Waals surface area contributed by atoms with E-state index in [0.717, 1.165) is 23.4 Å². The third-order valence-electron chi connectivity index (χ3n) is 5.87. The number of amides is 1. The fraction of sp³-hybridized carbons (Fsp3) is 0.143. The minimum Gasteiger partial charge on any atom is -0.497 e. The Morgan fingerprint density at radius 2 is 1.83 bits per heavy atom. The van der Waals surface area contributed by atoms with E-state index in [1.807, 2.05) is 59.2 Å². The van der Waals surface area contributed by atoms with E-state index >= 15 is 0 Å². The van der Waals surface area contributed by atoms with Gasteiger partial charge in [0.1, 0.15) is 5.75 Å². The van der Waals surface area contributed by atoms with Crippen LogP contribution in [0, 0.1) is 0 Å². The van der Waals surface area contributed by atoms with Crippen molar-refractivity contribution >= 4 is 45.7 Å². The molecule has 0 fully saturated rings. The number of anilines is 1. The number of nitrogens with zero attached hydrogens (tertiary/aromatic N) is 4. The highest BCUT2D eigenvalue weighted by molar-refractivity contribution is 7.99. The van der Waals surface area contributed by atoms with Gasteiger partial charge in [0.15, 0.2) is 16.1 Å². The summed E-state index contributed by atoms with van der Waals surface area (Å²) in [6.07, 6.45) is -2.81. The molecule has 0 saturated heterocycles. The molecule has 0 radical (unpaired) electrons. The molecule has 0 spiro atoms. The van der Waals surface area contributed by atoms with Gasteiger partial charge in [0, 0.05) is 33.8 Å². The van der Waals surface area contributed by atoms with Gasteiger partial charge in [-0.2, -0.15) is 13.2 Å². The maximum atomic E-state index is 13.1. The number of thiazole rings is 1. The Kier molecular flexibility index (Phi) is 8.62. The molecule has 3 aromatic carbocycles. The first-order valence-electron chi connectivity index (χ1n) is 12.1. The molecule has 0 atom stereocenters. The predicted octanol–water partition coefficient (Wildman–Crippen LogP) is 7.39. The van der Waals surface area contributed by atoms with Crippen LogP contribution in [0.1, 0.15) is 16.0 Å². The molecule has 2 aromatic heterocycles. The summed E-state index contributed by atoms with van der Waals surface area (Å²) >= 11 is 8.51. The molecule has 0 aliphatic carbocycles. The van der Waals surface area contributed by atoms with Gasteiger partial charge in [0.25, 0.3) is 0 Å². The second kappa shape index (κ2) is 12.3. The van der Waals surface area contributed by atoms with Gasteiger partial charge in [-0.1, -0.05) is 41.6 Å². The van der Waals surface area contributed by atoms with E-state index in [0.29, 0.717) is 32.3 Å². The van der Waals surface area contributed by atoms with Crippen molar-refractivity contribution in [3.05, 3.63) is 100 Å². The van der Waals surface area contributed by atoms with Crippen LogP contribution in [0.5, 0.6) is 5.75 Å². The van der Waals surface area contributed by atoms with Crippen LogP contribution in [0.25, 0.3) is 17.1 Å². The smallest absolute Gasteiger partial charge is 0.416 e. The van der Waals surface area contributed by atoms with Crippen LogP contribution in [0.2, 0.25) is 5.02 Å². The van der Waals surface area contributed by atoms with Crippen LogP contribution in [-0.2, 0) is 17.4 Å². The van der Waals surface area contributed by atoms with E-state index in [4.69, 9.17) is 16.3 Å². The number of carbonyl (C=O) groups is 1. The highest BCUT2D eigenvalue weighted by Crippen LogP contribution is 2.34. The van der Waals surface area contributed by atoms with Crippen LogP contribution in [0.4, 0.5) is 18.3 Å². The molecule has 1 N–H and O–H groups in total.